The zero-order valence-electron chi connectivity index (χ0n) is 12.4. The third-order valence-corrected chi connectivity index (χ3v) is 3.92. The molecule has 0 saturated carbocycles. The number of carbonyl (C=O) groups excluding carboxylic acids is 2. The molecule has 114 valence electrons. The van der Waals surface area contributed by atoms with Gasteiger partial charge < -0.3 is 10.6 Å². The predicted octanol–water partition coefficient (Wildman–Crippen LogP) is 1.90. The third-order valence-electron chi connectivity index (χ3n) is 3.92. The Morgan fingerprint density at radius 2 is 1.91 bits per heavy atom. The van der Waals surface area contributed by atoms with Crippen molar-refractivity contribution < 1.29 is 9.59 Å². The van der Waals surface area contributed by atoms with E-state index in [0.717, 1.165) is 36.9 Å². The molecule has 1 aliphatic rings. The Morgan fingerprint density at radius 3 is 2.73 bits per heavy atom. The van der Waals surface area contributed by atoms with E-state index in [9.17, 15) is 9.59 Å². The van der Waals surface area contributed by atoms with Gasteiger partial charge in [-0.1, -0.05) is 12.1 Å². The second-order valence-corrected chi connectivity index (χ2v) is 5.32. The van der Waals surface area contributed by atoms with Crippen molar-refractivity contribution in [1.29, 1.82) is 0 Å². The SMILES string of the molecule is CNC(=O)c1ccccc1NC(=O)c1n[nH]c2c1CCCC2. The zero-order valence-corrected chi connectivity index (χ0v) is 12.4. The first-order chi connectivity index (χ1) is 10.7. The third kappa shape index (κ3) is 2.59. The largest absolute Gasteiger partial charge is 0.355 e. The highest BCUT2D eigenvalue weighted by Gasteiger charge is 2.22. The minimum absolute atomic E-state index is 0.236. The van der Waals surface area contributed by atoms with Crippen molar-refractivity contribution in [3.8, 4) is 0 Å². The molecule has 0 spiro atoms. The van der Waals surface area contributed by atoms with Gasteiger partial charge in [-0.15, -0.1) is 0 Å². The van der Waals surface area contributed by atoms with Gasteiger partial charge in [0.25, 0.3) is 11.8 Å². The number of H-pyrrole nitrogens is 1. The molecule has 6 heteroatoms. The van der Waals surface area contributed by atoms with Gasteiger partial charge in [0, 0.05) is 18.3 Å². The van der Waals surface area contributed by atoms with Crippen LogP contribution in [0.4, 0.5) is 5.69 Å². The number of amides is 2. The van der Waals surface area contributed by atoms with Crippen molar-refractivity contribution >= 4 is 17.5 Å². The molecule has 0 aliphatic heterocycles. The van der Waals surface area contributed by atoms with Crippen LogP contribution in [-0.4, -0.2) is 29.1 Å². The van der Waals surface area contributed by atoms with E-state index in [4.69, 9.17) is 0 Å². The standard InChI is InChI=1S/C16H18N4O2/c1-17-15(21)11-7-3-4-8-12(11)18-16(22)14-10-6-2-5-9-13(10)19-20-14/h3-4,7-8H,2,5-6,9H2,1H3,(H,17,21)(H,18,22)(H,19,20). The van der Waals surface area contributed by atoms with Crippen molar-refractivity contribution in [2.75, 3.05) is 12.4 Å². The van der Waals surface area contributed by atoms with E-state index in [-0.39, 0.29) is 11.8 Å². The first kappa shape index (κ1) is 14.3. The Morgan fingerprint density at radius 1 is 1.14 bits per heavy atom. The van der Waals surface area contributed by atoms with Crippen molar-refractivity contribution in [3.05, 3.63) is 46.8 Å². The molecule has 3 rings (SSSR count). The maximum absolute atomic E-state index is 12.5. The monoisotopic (exact) mass is 298 g/mol. The van der Waals surface area contributed by atoms with E-state index >= 15 is 0 Å². The quantitative estimate of drug-likeness (QED) is 0.809. The lowest BCUT2D eigenvalue weighted by molar-refractivity contribution is 0.0964. The van der Waals surface area contributed by atoms with Crippen LogP contribution in [0.1, 0.15) is 44.9 Å². The van der Waals surface area contributed by atoms with E-state index in [1.807, 2.05) is 0 Å². The number of aromatic amines is 1. The fourth-order valence-corrected chi connectivity index (χ4v) is 2.78. The summed E-state index contributed by atoms with van der Waals surface area (Å²) in [5.74, 6) is -0.518. The Bertz CT molecular complexity index is 721. The van der Waals surface area contributed by atoms with Crippen LogP contribution in [0.5, 0.6) is 0 Å². The number of nitrogens with zero attached hydrogens (tertiary/aromatic N) is 1. The first-order valence-electron chi connectivity index (χ1n) is 7.39. The lowest BCUT2D eigenvalue weighted by Crippen LogP contribution is -2.22. The van der Waals surface area contributed by atoms with E-state index in [2.05, 4.69) is 20.8 Å². The number of fused-ring (bicyclic) bond motifs is 1. The van der Waals surface area contributed by atoms with Gasteiger partial charge in [-0.25, -0.2) is 0 Å². The summed E-state index contributed by atoms with van der Waals surface area (Å²) in [4.78, 5) is 24.3. The molecule has 0 atom stereocenters. The van der Waals surface area contributed by atoms with Gasteiger partial charge >= 0.3 is 0 Å². The molecular formula is C16H18N4O2. The number of para-hydroxylation sites is 1. The van der Waals surface area contributed by atoms with Gasteiger partial charge in [-0.3, -0.25) is 14.7 Å². The Labute approximate surface area is 128 Å². The number of nitrogens with one attached hydrogen (secondary N) is 3. The zero-order chi connectivity index (χ0) is 15.5. The molecule has 6 nitrogen and oxygen atoms in total. The van der Waals surface area contributed by atoms with Crippen LogP contribution in [0.25, 0.3) is 0 Å². The van der Waals surface area contributed by atoms with Crippen molar-refractivity contribution in [1.82, 2.24) is 15.5 Å². The fourth-order valence-electron chi connectivity index (χ4n) is 2.78. The fraction of sp³-hybridized carbons (Fsp3) is 0.312. The van der Waals surface area contributed by atoms with Gasteiger partial charge in [-0.05, 0) is 37.8 Å². The van der Waals surface area contributed by atoms with Gasteiger partial charge in [0.05, 0.1) is 11.3 Å². The molecule has 0 unspecified atom stereocenters. The van der Waals surface area contributed by atoms with Crippen LogP contribution in [0, 0.1) is 0 Å². The summed E-state index contributed by atoms with van der Waals surface area (Å²) in [5, 5.41) is 12.5. The van der Waals surface area contributed by atoms with Crippen molar-refractivity contribution in [2.24, 2.45) is 0 Å². The Kier molecular flexibility index (Phi) is 3.91. The van der Waals surface area contributed by atoms with Gasteiger partial charge in [0.15, 0.2) is 5.69 Å². The summed E-state index contributed by atoms with van der Waals surface area (Å²) >= 11 is 0. The first-order valence-corrected chi connectivity index (χ1v) is 7.39. The summed E-state index contributed by atoms with van der Waals surface area (Å²) in [5.41, 5.74) is 3.40. The molecule has 1 aromatic heterocycles. The molecular weight excluding hydrogens is 280 g/mol. The number of carbonyl (C=O) groups is 2. The number of aryl methyl sites for hydroxylation is 1. The molecule has 3 N–H and O–H groups in total. The van der Waals surface area contributed by atoms with Crippen molar-refractivity contribution in [3.63, 3.8) is 0 Å². The summed E-state index contributed by atoms with van der Waals surface area (Å²) in [6.07, 6.45) is 3.99. The molecule has 0 bridgehead atoms. The Hall–Kier alpha value is -2.63. The van der Waals surface area contributed by atoms with Crippen LogP contribution in [-0.2, 0) is 12.8 Å². The molecule has 2 amide bonds. The maximum atomic E-state index is 12.5. The van der Waals surface area contributed by atoms with Gasteiger partial charge in [0.1, 0.15) is 0 Å². The number of hydrogen-bond acceptors (Lipinski definition) is 3. The second-order valence-electron chi connectivity index (χ2n) is 5.32. The van der Waals surface area contributed by atoms with E-state index in [0.29, 0.717) is 16.9 Å². The number of anilines is 1. The normalized spacial score (nSPS) is 13.3. The average molecular weight is 298 g/mol. The second kappa shape index (κ2) is 6.01. The van der Waals surface area contributed by atoms with E-state index in [1.54, 1.807) is 31.3 Å². The highest BCUT2D eigenvalue weighted by molar-refractivity contribution is 6.08. The van der Waals surface area contributed by atoms with Crippen LogP contribution in [0.15, 0.2) is 24.3 Å². The molecule has 22 heavy (non-hydrogen) atoms. The highest BCUT2D eigenvalue weighted by atomic mass is 16.2. The molecule has 1 aromatic carbocycles. The van der Waals surface area contributed by atoms with E-state index in [1.165, 1.54) is 0 Å². The molecule has 0 fully saturated rings. The predicted molar refractivity (Wildman–Crippen MR) is 83.0 cm³/mol. The van der Waals surface area contributed by atoms with Crippen LogP contribution < -0.4 is 10.6 Å². The van der Waals surface area contributed by atoms with Crippen LogP contribution in [0.2, 0.25) is 0 Å². The lowest BCUT2D eigenvalue weighted by Gasteiger charge is -2.12. The topological polar surface area (TPSA) is 86.9 Å². The summed E-state index contributed by atoms with van der Waals surface area (Å²) in [7, 11) is 1.56. The van der Waals surface area contributed by atoms with E-state index < -0.39 is 0 Å². The summed E-state index contributed by atoms with van der Waals surface area (Å²) in [6.45, 7) is 0. The van der Waals surface area contributed by atoms with Crippen LogP contribution >= 0.6 is 0 Å². The smallest absolute Gasteiger partial charge is 0.276 e. The Balaban J connectivity index is 1.86. The van der Waals surface area contributed by atoms with Gasteiger partial charge in [0.2, 0.25) is 0 Å². The highest BCUT2D eigenvalue weighted by Crippen LogP contribution is 2.23. The maximum Gasteiger partial charge on any atom is 0.276 e. The molecule has 0 saturated heterocycles. The number of benzene rings is 1. The number of rotatable bonds is 3. The van der Waals surface area contributed by atoms with Crippen molar-refractivity contribution in [2.45, 2.75) is 25.7 Å². The minimum atomic E-state index is -0.282. The molecule has 1 heterocycles. The number of aromatic nitrogens is 2. The molecule has 1 aliphatic carbocycles. The average Bonchev–Trinajstić information content (AvgIpc) is 2.99. The summed E-state index contributed by atoms with van der Waals surface area (Å²) in [6, 6.07) is 6.93. The summed E-state index contributed by atoms with van der Waals surface area (Å²) < 4.78 is 0. The number of hydrogen-bond donors (Lipinski definition) is 3. The molecule has 0 radical (unpaired) electrons. The van der Waals surface area contributed by atoms with Crippen LogP contribution in [0.3, 0.4) is 0 Å². The van der Waals surface area contributed by atoms with Gasteiger partial charge in [-0.2, -0.15) is 5.10 Å². The lowest BCUT2D eigenvalue weighted by atomic mass is 9.95. The molecule has 2 aromatic rings. The minimum Gasteiger partial charge on any atom is -0.355 e.